The third-order valence-corrected chi connectivity index (χ3v) is 5.98. The van der Waals surface area contributed by atoms with Gasteiger partial charge in [0, 0.05) is 25.0 Å². The number of anilines is 1. The minimum Gasteiger partial charge on any atom is -0.364 e. The molecule has 40 heavy (non-hydrogen) atoms. The average molecular weight is 598 g/mol. The second kappa shape index (κ2) is 10.3. The number of rotatable bonds is 8. The number of imidazole rings is 1. The Balaban J connectivity index is 1.73. The molecule has 0 saturated carbocycles. The largest absolute Gasteiger partial charge is 0.470 e. The number of alkyl halides is 6. The first kappa shape index (κ1) is 29.3. The van der Waals surface area contributed by atoms with Crippen LogP contribution in [0.2, 0.25) is 0 Å². The van der Waals surface area contributed by atoms with Crippen molar-refractivity contribution in [2.45, 2.75) is 24.4 Å². The highest BCUT2D eigenvalue weighted by Gasteiger charge is 2.74. The van der Waals surface area contributed by atoms with Crippen LogP contribution in [0.4, 0.5) is 40.9 Å². The summed E-state index contributed by atoms with van der Waals surface area (Å²) in [6.45, 7) is -2.43. The Hall–Kier alpha value is -3.73. The molecule has 0 aliphatic carbocycles. The first-order chi connectivity index (χ1) is 18.5. The number of aromatic nitrogens is 5. The highest BCUT2D eigenvalue weighted by Crippen LogP contribution is 2.54. The van der Waals surface area contributed by atoms with Crippen molar-refractivity contribution in [3.05, 3.63) is 71.9 Å². The minimum absolute atomic E-state index is 0.0905. The molecule has 0 bridgehead atoms. The standard InChI is InChI=1S/C21H15F8N6O4P/c22-12-4-2-1-3-11(12)7-14-18-30-5-6-35(18)9-15(33-14)17-31-8-13(23)16(34-17)32-10-19(20(24,25)26,21(27,28)29)39-40(36,37)38/h1-6,8-9H,7,10H2,(H,31,32,34)(H2,36,37,38). The lowest BCUT2D eigenvalue weighted by Crippen LogP contribution is -2.62. The number of phosphoric acid groups is 1. The molecule has 3 N–H and O–H groups in total. The Bertz CT molecular complexity index is 1580. The Kier molecular flexibility index (Phi) is 7.57. The molecule has 4 rings (SSSR count). The number of halogens is 8. The maximum atomic E-state index is 14.4. The van der Waals surface area contributed by atoms with Crippen molar-refractivity contribution in [3.63, 3.8) is 0 Å². The molecular weight excluding hydrogens is 583 g/mol. The van der Waals surface area contributed by atoms with Gasteiger partial charge in [0.2, 0.25) is 0 Å². The van der Waals surface area contributed by atoms with Crippen molar-refractivity contribution in [2.24, 2.45) is 0 Å². The second-order valence-corrected chi connectivity index (χ2v) is 9.31. The highest BCUT2D eigenvalue weighted by molar-refractivity contribution is 7.46. The zero-order valence-electron chi connectivity index (χ0n) is 19.5. The number of nitrogens with zero attached hydrogens (tertiary/aromatic N) is 5. The van der Waals surface area contributed by atoms with Crippen LogP contribution in [0, 0.1) is 11.6 Å². The third-order valence-electron chi connectivity index (χ3n) is 5.43. The van der Waals surface area contributed by atoms with Gasteiger partial charge in [-0.05, 0) is 11.6 Å². The van der Waals surface area contributed by atoms with E-state index >= 15 is 0 Å². The Morgan fingerprint density at radius 1 is 0.975 bits per heavy atom. The smallest absolute Gasteiger partial charge is 0.364 e. The van der Waals surface area contributed by atoms with Gasteiger partial charge in [0.1, 0.15) is 11.5 Å². The number of hydrogen-bond acceptors (Lipinski definition) is 7. The summed E-state index contributed by atoms with van der Waals surface area (Å²) in [5.41, 5.74) is -4.91. The van der Waals surface area contributed by atoms with E-state index in [1.165, 1.54) is 46.5 Å². The van der Waals surface area contributed by atoms with Gasteiger partial charge in [0.15, 0.2) is 23.1 Å². The summed E-state index contributed by atoms with van der Waals surface area (Å²) in [6, 6.07) is 5.73. The summed E-state index contributed by atoms with van der Waals surface area (Å²) in [5, 5.41) is 1.46. The van der Waals surface area contributed by atoms with E-state index in [9.17, 15) is 39.7 Å². The minimum atomic E-state index is -6.42. The lowest BCUT2D eigenvalue weighted by atomic mass is 10.0. The van der Waals surface area contributed by atoms with Gasteiger partial charge in [-0.25, -0.2) is 33.3 Å². The molecular formula is C21H15F8N6O4P. The van der Waals surface area contributed by atoms with E-state index < -0.39 is 55.6 Å². The molecule has 10 nitrogen and oxygen atoms in total. The summed E-state index contributed by atoms with van der Waals surface area (Å²) >= 11 is 0. The number of benzene rings is 1. The predicted molar refractivity (Wildman–Crippen MR) is 120 cm³/mol. The van der Waals surface area contributed by atoms with Gasteiger partial charge in [-0.15, -0.1) is 0 Å². The van der Waals surface area contributed by atoms with Crippen LogP contribution in [0.3, 0.4) is 0 Å². The van der Waals surface area contributed by atoms with Crippen molar-refractivity contribution >= 4 is 19.3 Å². The van der Waals surface area contributed by atoms with E-state index in [4.69, 9.17) is 9.79 Å². The zero-order valence-corrected chi connectivity index (χ0v) is 20.3. The van der Waals surface area contributed by atoms with Gasteiger partial charge < -0.3 is 19.5 Å². The lowest BCUT2D eigenvalue weighted by molar-refractivity contribution is -0.355. The van der Waals surface area contributed by atoms with E-state index in [2.05, 4.69) is 24.5 Å². The van der Waals surface area contributed by atoms with Crippen LogP contribution < -0.4 is 5.32 Å². The number of fused-ring (bicyclic) bond motifs is 1. The van der Waals surface area contributed by atoms with Crippen LogP contribution in [-0.4, -0.2) is 58.6 Å². The van der Waals surface area contributed by atoms with Gasteiger partial charge in [-0.3, -0.25) is 4.52 Å². The second-order valence-electron chi connectivity index (χ2n) is 8.15. The quantitative estimate of drug-likeness (QED) is 0.199. The number of nitrogens with one attached hydrogen (secondary N) is 1. The van der Waals surface area contributed by atoms with E-state index in [0.717, 1.165) is 0 Å². The van der Waals surface area contributed by atoms with Crippen LogP contribution in [-0.2, 0) is 15.5 Å². The third kappa shape index (κ3) is 5.89. The normalized spacial score (nSPS) is 13.2. The van der Waals surface area contributed by atoms with Crippen LogP contribution in [0.5, 0.6) is 0 Å². The summed E-state index contributed by atoms with van der Waals surface area (Å²) in [6.07, 6.45) is -8.40. The van der Waals surface area contributed by atoms with Crippen LogP contribution in [0.15, 0.2) is 49.1 Å². The molecule has 0 aliphatic rings. The fourth-order valence-electron chi connectivity index (χ4n) is 3.57. The first-order valence-corrected chi connectivity index (χ1v) is 12.3. The fourth-order valence-corrected chi connectivity index (χ4v) is 4.25. The zero-order chi connectivity index (χ0) is 29.5. The molecule has 0 unspecified atom stereocenters. The van der Waals surface area contributed by atoms with Crippen LogP contribution in [0.1, 0.15) is 11.3 Å². The number of hydrogen-bond donors (Lipinski definition) is 3. The van der Waals surface area contributed by atoms with Crippen LogP contribution in [0.25, 0.3) is 17.2 Å². The Labute approximate surface area is 217 Å². The van der Waals surface area contributed by atoms with Gasteiger partial charge in [-0.2, -0.15) is 26.3 Å². The lowest BCUT2D eigenvalue weighted by Gasteiger charge is -2.36. The Morgan fingerprint density at radius 2 is 1.65 bits per heavy atom. The van der Waals surface area contributed by atoms with Crippen molar-refractivity contribution in [1.82, 2.24) is 24.3 Å². The van der Waals surface area contributed by atoms with Gasteiger partial charge in [-0.1, -0.05) is 18.2 Å². The molecule has 0 spiro atoms. The summed E-state index contributed by atoms with van der Waals surface area (Å²) < 4.78 is 125. The molecule has 3 heterocycles. The maximum Gasteiger partial charge on any atom is 0.470 e. The monoisotopic (exact) mass is 598 g/mol. The summed E-state index contributed by atoms with van der Waals surface area (Å²) in [4.78, 5) is 33.2. The molecule has 3 aromatic heterocycles. The predicted octanol–water partition coefficient (Wildman–Crippen LogP) is 4.44. The van der Waals surface area contributed by atoms with Crippen LogP contribution >= 0.6 is 7.82 Å². The maximum absolute atomic E-state index is 14.4. The highest BCUT2D eigenvalue weighted by atomic mass is 31.2. The van der Waals surface area contributed by atoms with Crippen molar-refractivity contribution in [1.29, 1.82) is 0 Å². The number of phosphoric ester groups is 1. The topological polar surface area (TPSA) is 135 Å². The molecule has 4 aromatic rings. The molecule has 1 aromatic carbocycles. The first-order valence-electron chi connectivity index (χ1n) is 10.7. The average Bonchev–Trinajstić information content (AvgIpc) is 3.31. The molecule has 0 fully saturated rings. The molecule has 0 aliphatic heterocycles. The van der Waals surface area contributed by atoms with Gasteiger partial charge in [0.05, 0.1) is 18.4 Å². The molecule has 0 atom stereocenters. The molecule has 214 valence electrons. The SMILES string of the molecule is O=P(O)(O)OC(CNc1nc(-c2cn3ccnc3c(Cc3ccccc3F)n2)ncc1F)(C(F)(F)F)C(F)(F)F. The van der Waals surface area contributed by atoms with Gasteiger partial charge in [0.25, 0.3) is 5.60 Å². The molecule has 0 saturated heterocycles. The van der Waals surface area contributed by atoms with E-state index in [0.29, 0.717) is 6.20 Å². The van der Waals surface area contributed by atoms with Crippen molar-refractivity contribution < 1.29 is 54.0 Å². The molecule has 0 radical (unpaired) electrons. The van der Waals surface area contributed by atoms with Gasteiger partial charge >= 0.3 is 20.2 Å². The molecule has 0 amide bonds. The summed E-state index contributed by atoms with van der Waals surface area (Å²) in [7, 11) is -6.38. The Morgan fingerprint density at radius 3 is 2.27 bits per heavy atom. The van der Waals surface area contributed by atoms with E-state index in [1.54, 1.807) is 6.07 Å². The van der Waals surface area contributed by atoms with E-state index in [1.807, 2.05) is 0 Å². The van der Waals surface area contributed by atoms with E-state index in [-0.39, 0.29) is 29.0 Å². The van der Waals surface area contributed by atoms with Crippen molar-refractivity contribution in [2.75, 3.05) is 11.9 Å². The molecule has 19 heteroatoms. The van der Waals surface area contributed by atoms with Crippen molar-refractivity contribution in [3.8, 4) is 11.5 Å². The fraction of sp³-hybridized carbons (Fsp3) is 0.238. The summed E-state index contributed by atoms with van der Waals surface area (Å²) in [5.74, 6) is -3.73.